The molecule has 1 aromatic carbocycles. The number of halogens is 1. The minimum absolute atomic E-state index is 0.330. The van der Waals surface area contributed by atoms with Crippen molar-refractivity contribution in [3.05, 3.63) is 28.7 Å². The Morgan fingerprint density at radius 3 is 2.79 bits per heavy atom. The number of nitrogens with one attached hydrogen (secondary N) is 1. The largest absolute Gasteiger partial charge is 0.375 e. The van der Waals surface area contributed by atoms with Crippen LogP contribution in [-0.4, -0.2) is 23.7 Å². The van der Waals surface area contributed by atoms with Gasteiger partial charge in [0.05, 0.1) is 12.2 Å². The van der Waals surface area contributed by atoms with Crippen molar-refractivity contribution in [2.75, 3.05) is 11.9 Å². The van der Waals surface area contributed by atoms with Crippen molar-refractivity contribution in [2.24, 2.45) is 5.73 Å². The number of carbonyl (C=O) groups is 1. The highest BCUT2D eigenvalue weighted by Crippen LogP contribution is 2.35. The average molecular weight is 327 g/mol. The molecule has 0 saturated carbocycles. The first-order chi connectivity index (χ1) is 8.83. The number of amides is 1. The Morgan fingerprint density at radius 1 is 1.47 bits per heavy atom. The molecule has 1 aliphatic rings. The molecule has 0 aliphatic carbocycles. The van der Waals surface area contributed by atoms with E-state index in [4.69, 9.17) is 10.5 Å². The van der Waals surface area contributed by atoms with Gasteiger partial charge in [-0.2, -0.15) is 0 Å². The third-order valence-corrected chi connectivity index (χ3v) is 3.92. The molecular weight excluding hydrogens is 308 g/mol. The molecule has 1 atom stereocenters. The van der Waals surface area contributed by atoms with Gasteiger partial charge in [0.25, 0.3) is 0 Å². The fourth-order valence-electron chi connectivity index (χ4n) is 2.59. The fourth-order valence-corrected chi connectivity index (χ4v) is 2.99. The van der Waals surface area contributed by atoms with Crippen LogP contribution in [0, 0.1) is 0 Å². The van der Waals surface area contributed by atoms with Crippen molar-refractivity contribution in [3.8, 4) is 0 Å². The average Bonchev–Trinajstić information content (AvgIpc) is 2.27. The van der Waals surface area contributed by atoms with Crippen LogP contribution in [0.1, 0.15) is 26.7 Å². The lowest BCUT2D eigenvalue weighted by molar-refractivity contribution is -0.133. The summed E-state index contributed by atoms with van der Waals surface area (Å²) in [6.07, 6.45) is 1.14. The molecule has 19 heavy (non-hydrogen) atoms. The zero-order valence-electron chi connectivity index (χ0n) is 11.2. The number of benzene rings is 1. The van der Waals surface area contributed by atoms with Crippen LogP contribution in [0.2, 0.25) is 0 Å². The minimum atomic E-state index is -0.747. The minimum Gasteiger partial charge on any atom is -0.375 e. The summed E-state index contributed by atoms with van der Waals surface area (Å²) in [6.45, 7) is 4.48. The van der Waals surface area contributed by atoms with E-state index in [-0.39, 0.29) is 11.5 Å². The van der Waals surface area contributed by atoms with Crippen LogP contribution in [0.15, 0.2) is 28.7 Å². The molecule has 1 saturated heterocycles. The molecule has 0 bridgehead atoms. The maximum absolute atomic E-state index is 11.9. The van der Waals surface area contributed by atoms with Crippen LogP contribution in [0.4, 0.5) is 5.69 Å². The van der Waals surface area contributed by atoms with Crippen LogP contribution in [0.5, 0.6) is 0 Å². The third-order valence-electron chi connectivity index (χ3n) is 3.43. The topological polar surface area (TPSA) is 64.3 Å². The predicted molar refractivity (Wildman–Crippen MR) is 79.0 cm³/mol. The molecule has 1 unspecified atom stereocenters. The number of nitrogens with two attached hydrogens (primary N) is 1. The Balaban J connectivity index is 2.28. The van der Waals surface area contributed by atoms with Gasteiger partial charge < -0.3 is 15.8 Å². The molecule has 0 spiro atoms. The fraction of sp³-hybridized carbons (Fsp3) is 0.500. The Kier molecular flexibility index (Phi) is 3.87. The van der Waals surface area contributed by atoms with Crippen molar-refractivity contribution in [1.29, 1.82) is 0 Å². The van der Waals surface area contributed by atoms with Crippen LogP contribution in [0.3, 0.4) is 0 Å². The third kappa shape index (κ3) is 3.28. The molecular formula is C14H19BrN2O2. The highest BCUT2D eigenvalue weighted by molar-refractivity contribution is 9.10. The van der Waals surface area contributed by atoms with E-state index >= 15 is 0 Å². The van der Waals surface area contributed by atoms with E-state index in [1.165, 1.54) is 0 Å². The maximum Gasteiger partial charge on any atom is 0.243 e. The second-order valence-electron chi connectivity index (χ2n) is 5.62. The molecule has 5 heteroatoms. The first-order valence-electron chi connectivity index (χ1n) is 6.31. The summed E-state index contributed by atoms with van der Waals surface area (Å²) < 4.78 is 6.64. The van der Waals surface area contributed by atoms with E-state index < -0.39 is 5.54 Å². The quantitative estimate of drug-likeness (QED) is 0.897. The summed E-state index contributed by atoms with van der Waals surface area (Å²) in [5, 5.41) is 3.31. The van der Waals surface area contributed by atoms with Gasteiger partial charge in [-0.3, -0.25) is 4.79 Å². The molecule has 0 radical (unpaired) electrons. The first kappa shape index (κ1) is 14.3. The first-order valence-corrected chi connectivity index (χ1v) is 7.10. The van der Waals surface area contributed by atoms with E-state index in [0.29, 0.717) is 19.4 Å². The molecule has 1 amide bonds. The van der Waals surface area contributed by atoms with E-state index in [2.05, 4.69) is 21.2 Å². The summed E-state index contributed by atoms with van der Waals surface area (Å²) in [5.41, 5.74) is 5.42. The number of anilines is 1. The number of rotatable bonds is 3. The highest BCUT2D eigenvalue weighted by atomic mass is 79.9. The van der Waals surface area contributed by atoms with Gasteiger partial charge in [0, 0.05) is 23.0 Å². The molecule has 2 rings (SSSR count). The molecule has 0 aromatic heterocycles. The SMILES string of the molecule is CC1(C)CC(Nc2cccc(Br)c2)(C(N)=O)CCO1. The molecule has 1 fully saturated rings. The second kappa shape index (κ2) is 5.13. The van der Waals surface area contributed by atoms with Gasteiger partial charge in [0.15, 0.2) is 0 Å². The van der Waals surface area contributed by atoms with E-state index in [1.54, 1.807) is 0 Å². The molecule has 4 nitrogen and oxygen atoms in total. The molecule has 1 aromatic rings. The summed E-state index contributed by atoms with van der Waals surface area (Å²) in [5.74, 6) is -0.330. The second-order valence-corrected chi connectivity index (χ2v) is 6.53. The Bertz CT molecular complexity index is 490. The number of carbonyl (C=O) groups excluding carboxylic acids is 1. The van der Waals surface area contributed by atoms with Gasteiger partial charge >= 0.3 is 0 Å². The monoisotopic (exact) mass is 326 g/mol. The lowest BCUT2D eigenvalue weighted by Gasteiger charge is -2.43. The molecule has 3 N–H and O–H groups in total. The van der Waals surface area contributed by atoms with Crippen LogP contribution >= 0.6 is 15.9 Å². The van der Waals surface area contributed by atoms with Crippen molar-refractivity contribution in [3.63, 3.8) is 0 Å². The molecule has 1 aliphatic heterocycles. The lowest BCUT2D eigenvalue weighted by atomic mass is 9.80. The lowest BCUT2D eigenvalue weighted by Crippen LogP contribution is -2.58. The van der Waals surface area contributed by atoms with Gasteiger partial charge in [-0.25, -0.2) is 0 Å². The number of hydrogen-bond acceptors (Lipinski definition) is 3. The number of ether oxygens (including phenoxy) is 1. The summed E-state index contributed by atoms with van der Waals surface area (Å²) in [4.78, 5) is 11.9. The van der Waals surface area contributed by atoms with Crippen molar-refractivity contribution < 1.29 is 9.53 Å². The van der Waals surface area contributed by atoms with E-state index in [1.807, 2.05) is 38.1 Å². The van der Waals surface area contributed by atoms with Crippen LogP contribution < -0.4 is 11.1 Å². The molecule has 104 valence electrons. The maximum atomic E-state index is 11.9. The Morgan fingerprint density at radius 2 is 2.21 bits per heavy atom. The van der Waals surface area contributed by atoms with E-state index in [0.717, 1.165) is 10.2 Å². The summed E-state index contributed by atoms with van der Waals surface area (Å²) in [7, 11) is 0. The van der Waals surface area contributed by atoms with Crippen molar-refractivity contribution in [2.45, 2.75) is 37.8 Å². The smallest absolute Gasteiger partial charge is 0.243 e. The normalized spacial score (nSPS) is 25.8. The standard InChI is InChI=1S/C14H19BrN2O2/c1-13(2)9-14(12(16)18,6-7-19-13)17-11-5-3-4-10(15)8-11/h3-5,8,17H,6-7,9H2,1-2H3,(H2,16,18). The number of primary amides is 1. The zero-order chi connectivity index (χ0) is 14.1. The number of hydrogen-bond donors (Lipinski definition) is 2. The van der Waals surface area contributed by atoms with Crippen molar-refractivity contribution >= 4 is 27.5 Å². The predicted octanol–water partition coefficient (Wildman–Crippen LogP) is 2.67. The van der Waals surface area contributed by atoms with Crippen LogP contribution in [-0.2, 0) is 9.53 Å². The van der Waals surface area contributed by atoms with Gasteiger partial charge in [-0.15, -0.1) is 0 Å². The molecule has 1 heterocycles. The van der Waals surface area contributed by atoms with E-state index in [9.17, 15) is 4.79 Å². The van der Waals surface area contributed by atoms with Gasteiger partial charge in [0.1, 0.15) is 5.54 Å². The Hall–Kier alpha value is -1.07. The summed E-state index contributed by atoms with van der Waals surface area (Å²) >= 11 is 3.42. The van der Waals surface area contributed by atoms with Crippen LogP contribution in [0.25, 0.3) is 0 Å². The van der Waals surface area contributed by atoms with Gasteiger partial charge in [0.2, 0.25) is 5.91 Å². The van der Waals surface area contributed by atoms with Crippen molar-refractivity contribution in [1.82, 2.24) is 0 Å². The summed E-state index contributed by atoms with van der Waals surface area (Å²) in [6, 6.07) is 7.73. The Labute approximate surface area is 121 Å². The highest BCUT2D eigenvalue weighted by Gasteiger charge is 2.45. The van der Waals surface area contributed by atoms with Gasteiger partial charge in [-0.05, 0) is 32.0 Å². The van der Waals surface area contributed by atoms with Gasteiger partial charge in [-0.1, -0.05) is 22.0 Å². The zero-order valence-corrected chi connectivity index (χ0v) is 12.8.